The molecule has 28 heavy (non-hydrogen) atoms. The van der Waals surface area contributed by atoms with Gasteiger partial charge in [-0.25, -0.2) is 4.39 Å². The number of anilines is 1. The molecule has 5 nitrogen and oxygen atoms in total. The molecule has 2 heterocycles. The fraction of sp³-hybridized carbons (Fsp3) is 0.0952. The number of halogens is 1. The second-order valence-corrected chi connectivity index (χ2v) is 7.03. The summed E-state index contributed by atoms with van der Waals surface area (Å²) in [5.74, 6) is -0.481. The van der Waals surface area contributed by atoms with Crippen LogP contribution in [0.3, 0.4) is 0 Å². The molecule has 0 saturated heterocycles. The van der Waals surface area contributed by atoms with Crippen LogP contribution < -0.4 is 5.32 Å². The summed E-state index contributed by atoms with van der Waals surface area (Å²) >= 11 is 1.30. The van der Waals surface area contributed by atoms with Crippen molar-refractivity contribution in [2.45, 2.75) is 13.8 Å². The molecule has 140 valence electrons. The number of rotatable bonds is 4. The lowest BCUT2D eigenvalue weighted by molar-refractivity contribution is 0.102. The van der Waals surface area contributed by atoms with E-state index >= 15 is 0 Å². The third-order valence-corrected chi connectivity index (χ3v) is 5.06. The number of amides is 1. The average Bonchev–Trinajstić information content (AvgIpc) is 3.32. The van der Waals surface area contributed by atoms with Gasteiger partial charge in [-0.3, -0.25) is 4.79 Å². The van der Waals surface area contributed by atoms with Crippen LogP contribution in [-0.4, -0.2) is 20.1 Å². The van der Waals surface area contributed by atoms with Crippen LogP contribution in [0.1, 0.15) is 21.7 Å². The SMILES string of the molecule is Cc1cc(C(=O)Nc2ccc(-c3csnn3)cc2)c(C)n1-c1ccc(F)cc1. The maximum atomic E-state index is 13.2. The van der Waals surface area contributed by atoms with Crippen molar-refractivity contribution in [2.75, 3.05) is 5.32 Å². The minimum Gasteiger partial charge on any atom is -0.322 e. The fourth-order valence-electron chi connectivity index (χ4n) is 3.19. The van der Waals surface area contributed by atoms with Gasteiger partial charge in [0.15, 0.2) is 0 Å². The number of aromatic nitrogens is 3. The molecule has 0 radical (unpaired) electrons. The predicted molar refractivity (Wildman–Crippen MR) is 108 cm³/mol. The third kappa shape index (κ3) is 3.44. The molecule has 7 heteroatoms. The highest BCUT2D eigenvalue weighted by molar-refractivity contribution is 7.03. The largest absolute Gasteiger partial charge is 0.322 e. The van der Waals surface area contributed by atoms with E-state index in [0.29, 0.717) is 11.3 Å². The number of hydrogen-bond donors (Lipinski definition) is 1. The van der Waals surface area contributed by atoms with Crippen LogP contribution in [0.5, 0.6) is 0 Å². The summed E-state index contributed by atoms with van der Waals surface area (Å²) in [5.41, 5.74) is 5.55. The Morgan fingerprint density at radius 1 is 1.07 bits per heavy atom. The van der Waals surface area contributed by atoms with Crippen LogP contribution in [0.25, 0.3) is 16.9 Å². The van der Waals surface area contributed by atoms with Crippen molar-refractivity contribution in [1.29, 1.82) is 0 Å². The van der Waals surface area contributed by atoms with E-state index in [1.807, 2.05) is 54.1 Å². The first-order valence-corrected chi connectivity index (χ1v) is 9.50. The molecule has 0 atom stereocenters. The monoisotopic (exact) mass is 392 g/mol. The highest BCUT2D eigenvalue weighted by Crippen LogP contribution is 2.24. The van der Waals surface area contributed by atoms with Gasteiger partial charge in [0.1, 0.15) is 11.5 Å². The number of nitrogens with one attached hydrogen (secondary N) is 1. The normalized spacial score (nSPS) is 10.8. The molecule has 4 rings (SSSR count). The molecule has 0 spiro atoms. The number of carbonyl (C=O) groups excluding carboxylic acids is 1. The molecule has 0 fully saturated rings. The topological polar surface area (TPSA) is 59.8 Å². The van der Waals surface area contributed by atoms with Gasteiger partial charge in [0.25, 0.3) is 5.91 Å². The molecule has 0 bridgehead atoms. The fourth-order valence-corrected chi connectivity index (χ4v) is 3.66. The van der Waals surface area contributed by atoms with Crippen molar-refractivity contribution in [3.63, 3.8) is 0 Å². The first-order chi connectivity index (χ1) is 13.5. The Hall–Kier alpha value is -3.32. The van der Waals surface area contributed by atoms with Gasteiger partial charge >= 0.3 is 0 Å². The maximum Gasteiger partial charge on any atom is 0.257 e. The molecule has 1 N–H and O–H groups in total. The van der Waals surface area contributed by atoms with E-state index in [4.69, 9.17) is 0 Å². The maximum absolute atomic E-state index is 13.2. The van der Waals surface area contributed by atoms with Crippen molar-refractivity contribution in [3.8, 4) is 16.9 Å². The summed E-state index contributed by atoms with van der Waals surface area (Å²) in [6, 6.07) is 15.5. The Balaban J connectivity index is 1.57. The van der Waals surface area contributed by atoms with E-state index in [1.54, 1.807) is 12.1 Å². The van der Waals surface area contributed by atoms with E-state index in [1.165, 1.54) is 23.7 Å². The Kier molecular flexibility index (Phi) is 4.75. The summed E-state index contributed by atoms with van der Waals surface area (Å²) in [6.45, 7) is 3.80. The zero-order chi connectivity index (χ0) is 19.7. The Bertz CT molecular complexity index is 1120. The van der Waals surface area contributed by atoms with Crippen LogP contribution in [0.15, 0.2) is 60.0 Å². The second-order valence-electron chi connectivity index (χ2n) is 6.42. The van der Waals surface area contributed by atoms with Crippen molar-refractivity contribution < 1.29 is 9.18 Å². The minimum absolute atomic E-state index is 0.190. The van der Waals surface area contributed by atoms with E-state index in [0.717, 1.165) is 28.3 Å². The number of nitrogens with zero attached hydrogens (tertiary/aromatic N) is 3. The summed E-state index contributed by atoms with van der Waals surface area (Å²) in [7, 11) is 0. The summed E-state index contributed by atoms with van der Waals surface area (Å²) in [6.07, 6.45) is 0. The first kappa shape index (κ1) is 18.1. The van der Waals surface area contributed by atoms with Gasteiger partial charge in [-0.1, -0.05) is 16.6 Å². The molecule has 2 aromatic heterocycles. The van der Waals surface area contributed by atoms with Gasteiger partial charge in [-0.15, -0.1) is 5.10 Å². The summed E-state index contributed by atoms with van der Waals surface area (Å²) in [5, 5.41) is 8.84. The number of aryl methyl sites for hydroxylation is 1. The lowest BCUT2D eigenvalue weighted by Crippen LogP contribution is -2.13. The number of carbonyl (C=O) groups is 1. The summed E-state index contributed by atoms with van der Waals surface area (Å²) in [4.78, 5) is 12.8. The molecular formula is C21H17FN4OS. The van der Waals surface area contributed by atoms with E-state index in [2.05, 4.69) is 14.9 Å². The molecule has 4 aromatic rings. The highest BCUT2D eigenvalue weighted by atomic mass is 32.1. The smallest absolute Gasteiger partial charge is 0.257 e. The van der Waals surface area contributed by atoms with Gasteiger partial charge in [0.2, 0.25) is 0 Å². The molecule has 0 unspecified atom stereocenters. The van der Waals surface area contributed by atoms with Gasteiger partial charge in [-0.2, -0.15) is 0 Å². The quantitative estimate of drug-likeness (QED) is 0.531. The third-order valence-electron chi connectivity index (χ3n) is 4.56. The Morgan fingerprint density at radius 3 is 2.43 bits per heavy atom. The Labute approximate surface area is 165 Å². The lowest BCUT2D eigenvalue weighted by atomic mass is 10.1. The molecule has 2 aromatic carbocycles. The van der Waals surface area contributed by atoms with Crippen molar-refractivity contribution in [1.82, 2.24) is 14.2 Å². The molecule has 0 saturated carbocycles. The number of hydrogen-bond acceptors (Lipinski definition) is 4. The Morgan fingerprint density at radius 2 is 1.79 bits per heavy atom. The first-order valence-electron chi connectivity index (χ1n) is 8.66. The van der Waals surface area contributed by atoms with Crippen LogP contribution in [0.4, 0.5) is 10.1 Å². The lowest BCUT2D eigenvalue weighted by Gasteiger charge is -2.10. The van der Waals surface area contributed by atoms with Gasteiger partial charge < -0.3 is 9.88 Å². The molecule has 1 amide bonds. The van der Waals surface area contributed by atoms with E-state index in [-0.39, 0.29) is 11.7 Å². The molecular weight excluding hydrogens is 375 g/mol. The van der Waals surface area contributed by atoms with Gasteiger partial charge in [0, 0.05) is 33.7 Å². The van der Waals surface area contributed by atoms with Crippen LogP contribution >= 0.6 is 11.5 Å². The number of benzene rings is 2. The van der Waals surface area contributed by atoms with E-state index in [9.17, 15) is 9.18 Å². The van der Waals surface area contributed by atoms with Crippen LogP contribution in [0.2, 0.25) is 0 Å². The molecule has 0 aliphatic rings. The van der Waals surface area contributed by atoms with Crippen LogP contribution in [-0.2, 0) is 0 Å². The summed E-state index contributed by atoms with van der Waals surface area (Å²) < 4.78 is 19.0. The predicted octanol–water partition coefficient (Wildman–Crippen LogP) is 5.00. The highest BCUT2D eigenvalue weighted by Gasteiger charge is 2.17. The van der Waals surface area contributed by atoms with Crippen molar-refractivity contribution in [3.05, 3.63) is 82.7 Å². The standard InChI is InChI=1S/C21H17FN4OS/c1-13-11-19(14(2)26(13)18-9-5-16(22)6-10-18)21(27)23-17-7-3-15(4-8-17)20-12-28-25-24-20/h3-12H,1-2H3,(H,23,27). The van der Waals surface area contributed by atoms with E-state index < -0.39 is 0 Å². The molecule has 0 aliphatic carbocycles. The minimum atomic E-state index is -0.291. The molecule has 0 aliphatic heterocycles. The van der Waals surface area contributed by atoms with Gasteiger partial charge in [-0.05, 0) is 67.8 Å². The van der Waals surface area contributed by atoms with Crippen molar-refractivity contribution >= 4 is 23.1 Å². The zero-order valence-electron chi connectivity index (χ0n) is 15.3. The second kappa shape index (κ2) is 7.36. The zero-order valence-corrected chi connectivity index (χ0v) is 16.1. The van der Waals surface area contributed by atoms with Crippen LogP contribution in [0, 0.1) is 19.7 Å². The van der Waals surface area contributed by atoms with Gasteiger partial charge in [0.05, 0.1) is 5.56 Å². The van der Waals surface area contributed by atoms with Crippen molar-refractivity contribution in [2.24, 2.45) is 0 Å². The average molecular weight is 392 g/mol.